The number of alkyl halides is 1. The van der Waals surface area contributed by atoms with Gasteiger partial charge in [0.05, 0.1) is 24.0 Å². The average Bonchev–Trinajstić information content (AvgIpc) is 3.00. The number of aromatic nitrogens is 4. The Morgan fingerprint density at radius 1 is 1.14 bits per heavy atom. The van der Waals surface area contributed by atoms with Crippen LogP contribution in [0.4, 0.5) is 4.39 Å². The lowest BCUT2D eigenvalue weighted by Crippen LogP contribution is -2.16. The van der Waals surface area contributed by atoms with Crippen LogP contribution < -0.4 is 0 Å². The highest BCUT2D eigenvalue weighted by molar-refractivity contribution is 5.80. The minimum absolute atomic E-state index is 0.294. The topological polar surface area (TPSA) is 52.8 Å². The summed E-state index contributed by atoms with van der Waals surface area (Å²) in [5.74, 6) is 0.378. The van der Waals surface area contributed by atoms with E-state index in [1.165, 1.54) is 0 Å². The summed E-state index contributed by atoms with van der Waals surface area (Å²) in [6.45, 7) is 10.1. The molecule has 0 amide bonds. The summed E-state index contributed by atoms with van der Waals surface area (Å²) in [7, 11) is 1.58. The summed E-state index contributed by atoms with van der Waals surface area (Å²) in [6.07, 6.45) is 2.74. The number of methoxy groups -OCH3 is 1. The highest BCUT2D eigenvalue weighted by Gasteiger charge is 2.20. The molecule has 150 valence electrons. The molecule has 0 unspecified atom stereocenters. The van der Waals surface area contributed by atoms with Gasteiger partial charge >= 0.3 is 0 Å². The second-order valence-electron chi connectivity index (χ2n) is 7.55. The van der Waals surface area contributed by atoms with Gasteiger partial charge in [0.15, 0.2) is 5.65 Å². The molecule has 3 rings (SSSR count). The van der Waals surface area contributed by atoms with Crippen molar-refractivity contribution >= 4 is 11.2 Å². The first kappa shape index (κ1) is 20.4. The van der Waals surface area contributed by atoms with E-state index in [4.69, 9.17) is 19.7 Å². The summed E-state index contributed by atoms with van der Waals surface area (Å²) in [5.41, 5.74) is 7.26. The number of hydrogen-bond acceptors (Lipinski definition) is 4. The van der Waals surface area contributed by atoms with Gasteiger partial charge in [-0.3, -0.25) is 4.98 Å². The van der Waals surface area contributed by atoms with E-state index >= 15 is 0 Å². The van der Waals surface area contributed by atoms with Gasteiger partial charge in [0.1, 0.15) is 12.2 Å². The van der Waals surface area contributed by atoms with Crippen molar-refractivity contribution in [3.05, 3.63) is 41.0 Å². The average molecular weight is 384 g/mol. The van der Waals surface area contributed by atoms with Crippen LogP contribution in [0.25, 0.3) is 22.4 Å². The van der Waals surface area contributed by atoms with Crippen molar-refractivity contribution in [3.8, 4) is 11.3 Å². The zero-order valence-corrected chi connectivity index (χ0v) is 17.6. The molecule has 0 spiro atoms. The maximum absolute atomic E-state index is 13.6. The van der Waals surface area contributed by atoms with Crippen LogP contribution in [0.1, 0.15) is 55.4 Å². The van der Waals surface area contributed by atoms with E-state index in [0.29, 0.717) is 18.2 Å². The molecule has 28 heavy (non-hydrogen) atoms. The first-order chi connectivity index (χ1) is 13.4. The van der Waals surface area contributed by atoms with Gasteiger partial charge in [-0.2, -0.15) is 0 Å². The summed E-state index contributed by atoms with van der Waals surface area (Å²) in [5, 5.41) is 0. The first-order valence-electron chi connectivity index (χ1n) is 9.82. The molecule has 0 N–H and O–H groups in total. The van der Waals surface area contributed by atoms with Gasteiger partial charge in [0.2, 0.25) is 0 Å². The third-order valence-electron chi connectivity index (χ3n) is 5.11. The third kappa shape index (κ3) is 3.65. The van der Waals surface area contributed by atoms with E-state index in [1.807, 2.05) is 24.6 Å². The second kappa shape index (κ2) is 8.35. The number of rotatable bonds is 7. The largest absolute Gasteiger partial charge is 0.382 e. The summed E-state index contributed by atoms with van der Waals surface area (Å²) < 4.78 is 20.6. The van der Waals surface area contributed by atoms with E-state index in [9.17, 15) is 4.39 Å². The van der Waals surface area contributed by atoms with Crippen LogP contribution in [0, 0.1) is 13.8 Å². The van der Waals surface area contributed by atoms with Crippen LogP contribution in [-0.2, 0) is 11.2 Å². The Labute approximate surface area is 166 Å². The monoisotopic (exact) mass is 384 g/mol. The highest BCUT2D eigenvalue weighted by atomic mass is 19.1. The van der Waals surface area contributed by atoms with Crippen LogP contribution in [0.5, 0.6) is 0 Å². The van der Waals surface area contributed by atoms with Crippen LogP contribution in [-0.4, -0.2) is 39.9 Å². The summed E-state index contributed by atoms with van der Waals surface area (Å²) in [6, 6.07) is 3.77. The standard InChI is InChI=1S/C22H29FN4O/c1-7-18-17(8-9-19(25-18)13(2)3)21-15(5)24-22-20(26-21)14(4)11-27(22)16(10-23)12-28-6/h8-9,11,13,16H,7,10,12H2,1-6H3/t16-/m0/s1. The molecule has 5 nitrogen and oxygen atoms in total. The van der Waals surface area contributed by atoms with Crippen molar-refractivity contribution in [2.24, 2.45) is 0 Å². The fourth-order valence-corrected chi connectivity index (χ4v) is 3.53. The normalized spacial score (nSPS) is 12.9. The molecule has 0 saturated carbocycles. The SMILES string of the molecule is CCc1nc(C(C)C)ccc1-c1nc2c(C)cn([C@@H](CF)COC)c2nc1C. The molecule has 0 bridgehead atoms. The molecule has 0 aromatic carbocycles. The Morgan fingerprint density at radius 2 is 1.89 bits per heavy atom. The number of fused-ring (bicyclic) bond motifs is 1. The molecular weight excluding hydrogens is 355 g/mol. The minimum Gasteiger partial charge on any atom is -0.382 e. The number of ether oxygens (including phenoxy) is 1. The molecule has 3 aromatic heterocycles. The summed E-state index contributed by atoms with van der Waals surface area (Å²) in [4.78, 5) is 14.6. The zero-order chi connectivity index (χ0) is 20.4. The van der Waals surface area contributed by atoms with Crippen molar-refractivity contribution in [1.29, 1.82) is 0 Å². The van der Waals surface area contributed by atoms with E-state index in [1.54, 1.807) is 7.11 Å². The van der Waals surface area contributed by atoms with Gasteiger partial charge in [-0.05, 0) is 43.9 Å². The lowest BCUT2D eigenvalue weighted by molar-refractivity contribution is 0.142. The maximum atomic E-state index is 13.6. The summed E-state index contributed by atoms with van der Waals surface area (Å²) >= 11 is 0. The molecule has 0 aliphatic heterocycles. The minimum atomic E-state index is -0.514. The molecule has 0 aliphatic carbocycles. The smallest absolute Gasteiger partial charge is 0.159 e. The molecule has 3 heterocycles. The predicted octanol–water partition coefficient (Wildman–Crippen LogP) is 4.95. The van der Waals surface area contributed by atoms with Crippen molar-refractivity contribution in [2.75, 3.05) is 20.4 Å². The van der Waals surface area contributed by atoms with Gasteiger partial charge in [-0.1, -0.05) is 20.8 Å². The third-order valence-corrected chi connectivity index (χ3v) is 5.11. The Kier molecular flexibility index (Phi) is 6.08. The lowest BCUT2D eigenvalue weighted by atomic mass is 10.0. The lowest BCUT2D eigenvalue weighted by Gasteiger charge is -2.16. The van der Waals surface area contributed by atoms with Crippen LogP contribution in [0.3, 0.4) is 0 Å². The Balaban J connectivity index is 2.17. The number of pyridine rings is 1. The number of halogens is 1. The van der Waals surface area contributed by atoms with Gasteiger partial charge in [-0.25, -0.2) is 14.4 Å². The van der Waals surface area contributed by atoms with E-state index in [2.05, 4.69) is 32.9 Å². The van der Waals surface area contributed by atoms with E-state index in [-0.39, 0.29) is 0 Å². The van der Waals surface area contributed by atoms with Crippen LogP contribution >= 0.6 is 0 Å². The number of aryl methyl sites for hydroxylation is 3. The quantitative estimate of drug-likeness (QED) is 0.578. The maximum Gasteiger partial charge on any atom is 0.159 e. The van der Waals surface area contributed by atoms with Crippen LogP contribution in [0.15, 0.2) is 18.3 Å². The molecule has 3 aromatic rings. The predicted molar refractivity (Wildman–Crippen MR) is 111 cm³/mol. The van der Waals surface area contributed by atoms with Crippen LogP contribution in [0.2, 0.25) is 0 Å². The Morgan fingerprint density at radius 3 is 2.50 bits per heavy atom. The molecule has 0 radical (unpaired) electrons. The first-order valence-corrected chi connectivity index (χ1v) is 9.82. The van der Waals surface area contributed by atoms with Crippen molar-refractivity contribution in [1.82, 2.24) is 19.5 Å². The van der Waals surface area contributed by atoms with Gasteiger partial charge in [-0.15, -0.1) is 0 Å². The molecular formula is C22H29FN4O. The van der Waals surface area contributed by atoms with Gasteiger partial charge < -0.3 is 9.30 Å². The molecule has 0 saturated heterocycles. The Hall–Kier alpha value is -2.34. The van der Waals surface area contributed by atoms with Gasteiger partial charge in [0.25, 0.3) is 0 Å². The van der Waals surface area contributed by atoms with Crippen molar-refractivity contribution in [2.45, 2.75) is 53.0 Å². The molecule has 0 aliphatic rings. The number of nitrogens with zero attached hydrogens (tertiary/aromatic N) is 4. The second-order valence-corrected chi connectivity index (χ2v) is 7.55. The molecule has 0 fully saturated rings. The van der Waals surface area contributed by atoms with Crippen molar-refractivity contribution in [3.63, 3.8) is 0 Å². The zero-order valence-electron chi connectivity index (χ0n) is 17.6. The molecule has 6 heteroatoms. The highest BCUT2D eigenvalue weighted by Crippen LogP contribution is 2.30. The van der Waals surface area contributed by atoms with E-state index in [0.717, 1.165) is 45.8 Å². The Bertz CT molecular complexity index is 980. The number of hydrogen-bond donors (Lipinski definition) is 0. The fraction of sp³-hybridized carbons (Fsp3) is 0.500. The van der Waals surface area contributed by atoms with Crippen molar-refractivity contribution < 1.29 is 9.13 Å². The van der Waals surface area contributed by atoms with E-state index < -0.39 is 12.7 Å². The fourth-order valence-electron chi connectivity index (χ4n) is 3.53. The molecule has 1 atom stereocenters. The van der Waals surface area contributed by atoms with Gasteiger partial charge in [0, 0.05) is 30.3 Å².